The monoisotopic (exact) mass is 342 g/mol. The second-order valence-corrected chi connectivity index (χ2v) is 6.83. The average molecular weight is 344 g/mol. The van der Waals surface area contributed by atoms with Gasteiger partial charge in [-0.1, -0.05) is 35.9 Å². The van der Waals surface area contributed by atoms with Crippen molar-refractivity contribution in [2.45, 2.75) is 43.5 Å². The molecule has 0 heterocycles. The summed E-state index contributed by atoms with van der Waals surface area (Å²) in [6, 6.07) is 0. The van der Waals surface area contributed by atoms with Gasteiger partial charge in [-0.05, 0) is 11.0 Å². The van der Waals surface area contributed by atoms with Gasteiger partial charge < -0.3 is 4.74 Å². The van der Waals surface area contributed by atoms with Gasteiger partial charge in [0.05, 0.1) is 5.38 Å². The van der Waals surface area contributed by atoms with E-state index in [-0.39, 0.29) is 27.7 Å². The Morgan fingerprint density at radius 2 is 2.29 bits per heavy atom. The van der Waals surface area contributed by atoms with Crippen molar-refractivity contribution in [3.63, 3.8) is 0 Å². The molecule has 1 aliphatic carbocycles. The van der Waals surface area contributed by atoms with Gasteiger partial charge in [0.25, 0.3) is 0 Å². The van der Waals surface area contributed by atoms with Crippen LogP contribution in [0.4, 0.5) is 0 Å². The topological polar surface area (TPSA) is 26.3 Å². The standard InChI is InChI=1S/C12H17BrCl2O2/c1-7(16)17-10-4-11(13)12(2,3)5-8(10)9(15)6-14/h5,9-11H,4,6H2,1-3H3/t9-,10-,11-/m0/s1. The number of carbonyl (C=O) groups is 1. The summed E-state index contributed by atoms with van der Waals surface area (Å²) < 4.78 is 5.31. The van der Waals surface area contributed by atoms with Crippen LogP contribution in [0.1, 0.15) is 27.2 Å². The molecule has 0 radical (unpaired) electrons. The van der Waals surface area contributed by atoms with Crippen LogP contribution in [0.15, 0.2) is 11.6 Å². The van der Waals surface area contributed by atoms with E-state index < -0.39 is 0 Å². The number of ether oxygens (including phenoxy) is 1. The zero-order chi connectivity index (χ0) is 13.2. The first-order chi connectivity index (χ1) is 7.77. The van der Waals surface area contributed by atoms with Gasteiger partial charge in [-0.15, -0.1) is 23.2 Å². The first-order valence-corrected chi connectivity index (χ1v) is 7.40. The Bertz CT molecular complexity index is 328. The smallest absolute Gasteiger partial charge is 0.303 e. The van der Waals surface area contributed by atoms with E-state index in [9.17, 15) is 4.79 Å². The maximum Gasteiger partial charge on any atom is 0.303 e. The molecule has 0 bridgehead atoms. The van der Waals surface area contributed by atoms with Crippen molar-refractivity contribution >= 4 is 45.1 Å². The van der Waals surface area contributed by atoms with E-state index in [2.05, 4.69) is 35.9 Å². The summed E-state index contributed by atoms with van der Waals surface area (Å²) in [5.74, 6) is 0.0208. The van der Waals surface area contributed by atoms with Crippen molar-refractivity contribution in [1.82, 2.24) is 0 Å². The molecule has 0 aliphatic heterocycles. The van der Waals surface area contributed by atoms with Crippen LogP contribution in [0, 0.1) is 5.41 Å². The number of hydrogen-bond acceptors (Lipinski definition) is 2. The Labute approximate surface area is 121 Å². The maximum atomic E-state index is 11.1. The Morgan fingerprint density at radius 1 is 1.71 bits per heavy atom. The van der Waals surface area contributed by atoms with Gasteiger partial charge in [-0.25, -0.2) is 0 Å². The van der Waals surface area contributed by atoms with Crippen LogP contribution in [0.2, 0.25) is 0 Å². The van der Waals surface area contributed by atoms with Crippen molar-refractivity contribution in [1.29, 1.82) is 0 Å². The van der Waals surface area contributed by atoms with Crippen LogP contribution < -0.4 is 0 Å². The van der Waals surface area contributed by atoms with E-state index in [4.69, 9.17) is 27.9 Å². The van der Waals surface area contributed by atoms with E-state index in [1.54, 1.807) is 0 Å². The van der Waals surface area contributed by atoms with Crippen molar-refractivity contribution in [2.75, 3.05) is 5.88 Å². The third-order valence-electron chi connectivity index (χ3n) is 2.94. The highest BCUT2D eigenvalue weighted by atomic mass is 79.9. The molecule has 0 fully saturated rings. The maximum absolute atomic E-state index is 11.1. The number of allylic oxidation sites excluding steroid dienone is 1. The number of halogens is 3. The second-order valence-electron chi connectivity index (χ2n) is 4.89. The average Bonchev–Trinajstić information content (AvgIpc) is 2.21. The van der Waals surface area contributed by atoms with Gasteiger partial charge in [0.15, 0.2) is 0 Å². The minimum absolute atomic E-state index is 0.0226. The molecule has 17 heavy (non-hydrogen) atoms. The summed E-state index contributed by atoms with van der Waals surface area (Å²) in [7, 11) is 0. The van der Waals surface area contributed by atoms with Gasteiger partial charge in [0.2, 0.25) is 0 Å². The number of rotatable bonds is 3. The highest BCUT2D eigenvalue weighted by Gasteiger charge is 2.38. The molecule has 0 N–H and O–H groups in total. The molecule has 0 aromatic heterocycles. The molecule has 0 saturated carbocycles. The number of carbonyl (C=O) groups excluding carboxylic acids is 1. The summed E-state index contributed by atoms with van der Waals surface area (Å²) in [6.07, 6.45) is 2.52. The van der Waals surface area contributed by atoms with Gasteiger partial charge in [0.1, 0.15) is 6.10 Å². The van der Waals surface area contributed by atoms with Crippen molar-refractivity contribution in [3.05, 3.63) is 11.6 Å². The van der Waals surface area contributed by atoms with Gasteiger partial charge >= 0.3 is 5.97 Å². The van der Waals surface area contributed by atoms with Gasteiger partial charge in [0, 0.05) is 24.1 Å². The molecule has 0 saturated heterocycles. The van der Waals surface area contributed by atoms with Gasteiger partial charge in [-0.3, -0.25) is 4.79 Å². The lowest BCUT2D eigenvalue weighted by atomic mass is 9.77. The Morgan fingerprint density at radius 3 is 2.76 bits per heavy atom. The van der Waals surface area contributed by atoms with Crippen LogP contribution in [-0.4, -0.2) is 28.2 Å². The van der Waals surface area contributed by atoms with E-state index >= 15 is 0 Å². The summed E-state index contributed by atoms with van der Waals surface area (Å²) in [5.41, 5.74) is 0.892. The summed E-state index contributed by atoms with van der Waals surface area (Å²) in [5, 5.41) is -0.291. The summed E-state index contributed by atoms with van der Waals surface area (Å²) in [4.78, 5) is 11.3. The van der Waals surface area contributed by atoms with Crippen molar-refractivity contribution < 1.29 is 9.53 Å². The Hall–Kier alpha value is 0.270. The van der Waals surface area contributed by atoms with Crippen molar-refractivity contribution in [3.8, 4) is 0 Å². The first kappa shape index (κ1) is 15.3. The minimum Gasteiger partial charge on any atom is -0.458 e. The molecular formula is C12H17BrCl2O2. The molecule has 0 aromatic rings. The lowest BCUT2D eigenvalue weighted by molar-refractivity contribution is -0.145. The number of alkyl halides is 3. The van der Waals surface area contributed by atoms with E-state index in [0.717, 1.165) is 12.0 Å². The fraction of sp³-hybridized carbons (Fsp3) is 0.750. The first-order valence-electron chi connectivity index (χ1n) is 5.52. The molecule has 3 atom stereocenters. The lowest BCUT2D eigenvalue weighted by Crippen LogP contribution is -2.38. The molecule has 0 unspecified atom stereocenters. The molecular weight excluding hydrogens is 327 g/mol. The molecule has 98 valence electrons. The number of esters is 1. The van der Waals surface area contributed by atoms with Crippen LogP contribution >= 0.6 is 39.1 Å². The van der Waals surface area contributed by atoms with Crippen LogP contribution in [0.3, 0.4) is 0 Å². The summed E-state index contributed by atoms with van der Waals surface area (Å²) in [6.45, 7) is 5.65. The van der Waals surface area contributed by atoms with E-state index in [1.807, 2.05) is 0 Å². The normalized spacial score (nSPS) is 29.4. The highest BCUT2D eigenvalue weighted by molar-refractivity contribution is 9.09. The Balaban J connectivity index is 3.00. The zero-order valence-electron chi connectivity index (χ0n) is 10.2. The van der Waals surface area contributed by atoms with E-state index in [0.29, 0.717) is 5.88 Å². The number of hydrogen-bond donors (Lipinski definition) is 0. The minimum atomic E-state index is -0.293. The largest absolute Gasteiger partial charge is 0.458 e. The fourth-order valence-corrected chi connectivity index (χ4v) is 2.79. The van der Waals surface area contributed by atoms with Crippen molar-refractivity contribution in [2.24, 2.45) is 5.41 Å². The third-order valence-corrected chi connectivity index (χ3v) is 5.37. The Kier molecular flexibility index (Phi) is 5.36. The summed E-state index contributed by atoms with van der Waals surface area (Å²) >= 11 is 15.6. The molecule has 1 aliphatic rings. The molecule has 0 aromatic carbocycles. The third kappa shape index (κ3) is 3.87. The van der Waals surface area contributed by atoms with Crippen LogP contribution in [-0.2, 0) is 9.53 Å². The predicted octanol–water partition coefficient (Wildman–Crippen LogP) is 3.88. The fourth-order valence-electron chi connectivity index (χ4n) is 1.94. The predicted molar refractivity (Wildman–Crippen MR) is 75.1 cm³/mol. The van der Waals surface area contributed by atoms with Crippen LogP contribution in [0.5, 0.6) is 0 Å². The van der Waals surface area contributed by atoms with E-state index in [1.165, 1.54) is 6.92 Å². The SMILES string of the molecule is CC(=O)O[C@H]1C[C@H](Br)C(C)(C)C=C1[C@@H](Cl)CCl. The molecule has 0 amide bonds. The van der Waals surface area contributed by atoms with Gasteiger partial charge in [-0.2, -0.15) is 0 Å². The molecule has 2 nitrogen and oxygen atoms in total. The zero-order valence-corrected chi connectivity index (χ0v) is 13.3. The highest BCUT2D eigenvalue weighted by Crippen LogP contribution is 2.41. The second kappa shape index (κ2) is 5.94. The molecule has 1 rings (SSSR count). The quantitative estimate of drug-likeness (QED) is 0.441. The van der Waals surface area contributed by atoms with Crippen LogP contribution in [0.25, 0.3) is 0 Å². The molecule has 0 spiro atoms. The lowest BCUT2D eigenvalue weighted by Gasteiger charge is -2.38. The molecule has 5 heteroatoms.